The summed E-state index contributed by atoms with van der Waals surface area (Å²) in [4.78, 5) is 14.4. The van der Waals surface area contributed by atoms with Gasteiger partial charge >= 0.3 is 0 Å². The lowest BCUT2D eigenvalue weighted by Crippen LogP contribution is -2.61. The predicted molar refractivity (Wildman–Crippen MR) is 111 cm³/mol. The van der Waals surface area contributed by atoms with Crippen molar-refractivity contribution in [3.63, 3.8) is 0 Å². The van der Waals surface area contributed by atoms with Gasteiger partial charge in [-0.25, -0.2) is 0 Å². The molecule has 2 heterocycles. The second-order valence-corrected chi connectivity index (χ2v) is 10.6. The Hall–Kier alpha value is -1.51. The molecule has 0 spiro atoms. The van der Waals surface area contributed by atoms with Gasteiger partial charge in [-0.2, -0.15) is 0 Å². The summed E-state index contributed by atoms with van der Waals surface area (Å²) in [5, 5.41) is 0. The molecule has 1 aromatic heterocycles. The molecule has 0 N–H and O–H groups in total. The van der Waals surface area contributed by atoms with Crippen molar-refractivity contribution in [2.45, 2.75) is 71.3 Å². The summed E-state index contributed by atoms with van der Waals surface area (Å²) in [6.07, 6.45) is 16.2. The van der Waals surface area contributed by atoms with E-state index in [2.05, 4.69) is 37.9 Å². The van der Waals surface area contributed by atoms with Crippen LogP contribution in [-0.2, 0) is 4.79 Å². The number of amides is 1. The van der Waals surface area contributed by atoms with Gasteiger partial charge in [0.1, 0.15) is 5.76 Å². The fourth-order valence-corrected chi connectivity index (χ4v) is 8.10. The Kier molecular flexibility index (Phi) is 4.30. The highest BCUT2D eigenvalue weighted by atomic mass is 16.3. The predicted octanol–water partition coefficient (Wildman–Crippen LogP) is 5.77. The van der Waals surface area contributed by atoms with Crippen LogP contribution in [0.1, 0.15) is 71.0 Å². The maximum absolute atomic E-state index is 12.3. The molecule has 1 aliphatic heterocycles. The number of rotatable bonds is 2. The van der Waals surface area contributed by atoms with Crippen LogP contribution in [0.2, 0.25) is 0 Å². The van der Waals surface area contributed by atoms with E-state index in [1.165, 1.54) is 38.5 Å². The molecule has 0 unspecified atom stereocenters. The van der Waals surface area contributed by atoms with E-state index in [-0.39, 0.29) is 0 Å². The standard InChI is InChI=1S/C25H35NO2/c1-24-14-12-21-19(9-11-22-25(21,2)15-13-23(27)26(22)3)20(24)10-7-17(24)6-8-18-5-4-16-28-18/h4-6,8,16-17,19-22H,7,9-15H2,1-3H3/b8-6+/t17-,19-,20-,21-,22+,24+,25+/m0/s1. The van der Waals surface area contributed by atoms with Crippen molar-refractivity contribution in [2.75, 3.05) is 7.05 Å². The highest BCUT2D eigenvalue weighted by Gasteiger charge is 2.60. The number of allylic oxidation sites excluding steroid dienone is 1. The maximum atomic E-state index is 12.3. The van der Waals surface area contributed by atoms with Crippen LogP contribution < -0.4 is 0 Å². The van der Waals surface area contributed by atoms with E-state index in [0.717, 1.165) is 36.4 Å². The fraction of sp³-hybridized carbons (Fsp3) is 0.720. The lowest BCUT2D eigenvalue weighted by Gasteiger charge is -2.61. The van der Waals surface area contributed by atoms with E-state index >= 15 is 0 Å². The van der Waals surface area contributed by atoms with E-state index in [1.54, 1.807) is 6.26 Å². The summed E-state index contributed by atoms with van der Waals surface area (Å²) in [5.41, 5.74) is 0.763. The molecule has 3 nitrogen and oxygen atoms in total. The highest BCUT2D eigenvalue weighted by Crippen LogP contribution is 2.66. The molecule has 0 bridgehead atoms. The van der Waals surface area contributed by atoms with Gasteiger partial charge in [0.2, 0.25) is 5.91 Å². The van der Waals surface area contributed by atoms with Crippen LogP contribution in [0, 0.1) is 34.5 Å². The van der Waals surface area contributed by atoms with Crippen molar-refractivity contribution < 1.29 is 9.21 Å². The molecule has 5 rings (SSSR count). The minimum atomic E-state index is 0.328. The zero-order valence-electron chi connectivity index (χ0n) is 17.7. The van der Waals surface area contributed by atoms with Crippen molar-refractivity contribution >= 4 is 12.0 Å². The Morgan fingerprint density at radius 3 is 2.68 bits per heavy atom. The minimum absolute atomic E-state index is 0.328. The Labute approximate surface area is 169 Å². The fourth-order valence-electron chi connectivity index (χ4n) is 8.10. The third-order valence-corrected chi connectivity index (χ3v) is 9.67. The first-order chi connectivity index (χ1) is 13.4. The van der Waals surface area contributed by atoms with Gasteiger partial charge in [-0.15, -0.1) is 0 Å². The highest BCUT2D eigenvalue weighted by molar-refractivity contribution is 5.77. The summed E-state index contributed by atoms with van der Waals surface area (Å²) in [6, 6.07) is 4.48. The molecule has 3 aliphatic carbocycles. The average Bonchev–Trinajstić information content (AvgIpc) is 3.30. The van der Waals surface area contributed by atoms with Crippen LogP contribution in [0.3, 0.4) is 0 Å². The van der Waals surface area contributed by atoms with Crippen LogP contribution in [0.25, 0.3) is 6.08 Å². The number of hydrogen-bond donors (Lipinski definition) is 0. The normalized spacial score (nSPS) is 45.8. The third kappa shape index (κ3) is 2.57. The molecular weight excluding hydrogens is 346 g/mol. The number of piperidine rings is 1. The second-order valence-electron chi connectivity index (χ2n) is 10.6. The number of likely N-dealkylation sites (tertiary alicyclic amines) is 1. The molecule has 4 fully saturated rings. The number of carbonyl (C=O) groups excluding carboxylic acids is 1. The van der Waals surface area contributed by atoms with Crippen molar-refractivity contribution in [1.29, 1.82) is 0 Å². The zero-order valence-corrected chi connectivity index (χ0v) is 17.7. The number of furan rings is 1. The topological polar surface area (TPSA) is 33.5 Å². The van der Waals surface area contributed by atoms with Crippen molar-refractivity contribution in [1.82, 2.24) is 4.90 Å². The van der Waals surface area contributed by atoms with Gasteiger partial charge in [0, 0.05) is 19.5 Å². The molecule has 0 aromatic carbocycles. The van der Waals surface area contributed by atoms with Gasteiger partial charge < -0.3 is 9.32 Å². The Morgan fingerprint density at radius 1 is 1.07 bits per heavy atom. The second kappa shape index (κ2) is 6.50. The van der Waals surface area contributed by atoms with E-state index in [9.17, 15) is 4.79 Å². The smallest absolute Gasteiger partial charge is 0.222 e. The summed E-state index contributed by atoms with van der Waals surface area (Å²) in [5.74, 6) is 4.51. The largest absolute Gasteiger partial charge is 0.465 e. The quantitative estimate of drug-likeness (QED) is 0.651. The third-order valence-electron chi connectivity index (χ3n) is 9.67. The van der Waals surface area contributed by atoms with Crippen molar-refractivity contribution in [2.24, 2.45) is 34.5 Å². The molecule has 1 aromatic rings. The molecule has 0 radical (unpaired) electrons. The van der Waals surface area contributed by atoms with Gasteiger partial charge in [-0.05, 0) is 97.7 Å². The minimum Gasteiger partial charge on any atom is -0.465 e. The molecule has 28 heavy (non-hydrogen) atoms. The zero-order chi connectivity index (χ0) is 19.5. The average molecular weight is 382 g/mol. The Bertz CT molecular complexity index is 768. The van der Waals surface area contributed by atoms with E-state index < -0.39 is 0 Å². The van der Waals surface area contributed by atoms with Crippen molar-refractivity contribution in [3.05, 3.63) is 30.2 Å². The van der Waals surface area contributed by atoms with Crippen molar-refractivity contribution in [3.8, 4) is 0 Å². The first kappa shape index (κ1) is 18.5. The van der Waals surface area contributed by atoms with E-state index in [1.807, 2.05) is 12.1 Å². The summed E-state index contributed by atoms with van der Waals surface area (Å²) in [6.45, 7) is 5.09. The van der Waals surface area contributed by atoms with Gasteiger partial charge in [0.05, 0.1) is 6.26 Å². The lowest BCUT2D eigenvalue weighted by molar-refractivity contribution is -0.157. The molecule has 1 amide bonds. The Balaban J connectivity index is 1.38. The number of hydrogen-bond acceptors (Lipinski definition) is 2. The van der Waals surface area contributed by atoms with Gasteiger partial charge in [0.25, 0.3) is 0 Å². The molecule has 7 atom stereocenters. The molecule has 1 saturated heterocycles. The van der Waals surface area contributed by atoms with Crippen LogP contribution >= 0.6 is 0 Å². The van der Waals surface area contributed by atoms with Crippen LogP contribution in [0.15, 0.2) is 28.9 Å². The first-order valence-electron chi connectivity index (χ1n) is 11.4. The molecule has 3 saturated carbocycles. The van der Waals surface area contributed by atoms with E-state index in [0.29, 0.717) is 28.7 Å². The maximum Gasteiger partial charge on any atom is 0.222 e. The Morgan fingerprint density at radius 2 is 1.89 bits per heavy atom. The van der Waals surface area contributed by atoms with Gasteiger partial charge in [-0.3, -0.25) is 4.79 Å². The lowest BCUT2D eigenvalue weighted by atomic mass is 9.47. The van der Waals surface area contributed by atoms with E-state index in [4.69, 9.17) is 4.42 Å². The number of nitrogens with zero attached hydrogens (tertiary/aromatic N) is 1. The summed E-state index contributed by atoms with van der Waals surface area (Å²) >= 11 is 0. The van der Waals surface area contributed by atoms with Crippen LogP contribution in [0.5, 0.6) is 0 Å². The van der Waals surface area contributed by atoms with Gasteiger partial charge in [0.15, 0.2) is 0 Å². The molecule has 3 heteroatoms. The van der Waals surface area contributed by atoms with Crippen LogP contribution in [-0.4, -0.2) is 23.9 Å². The molecule has 152 valence electrons. The summed E-state index contributed by atoms with van der Waals surface area (Å²) in [7, 11) is 2.06. The first-order valence-corrected chi connectivity index (χ1v) is 11.4. The van der Waals surface area contributed by atoms with Gasteiger partial charge in [-0.1, -0.05) is 19.9 Å². The monoisotopic (exact) mass is 381 g/mol. The number of fused-ring (bicyclic) bond motifs is 5. The summed E-state index contributed by atoms with van der Waals surface area (Å²) < 4.78 is 5.52. The SMILES string of the molecule is CN1C(=O)CC[C@]2(C)[C@H]3CC[C@]4(C)[C@@H](/C=C/c5ccco5)CC[C@H]4[C@@H]3CC[C@@H]12. The molecular formula is C25H35NO2. The molecule has 4 aliphatic rings. The van der Waals surface area contributed by atoms with Crippen LogP contribution in [0.4, 0.5) is 0 Å². The number of carbonyl (C=O) groups is 1.